The zero-order valence-electron chi connectivity index (χ0n) is 11.0. The Bertz CT molecular complexity index is 711. The van der Waals surface area contributed by atoms with Crippen molar-refractivity contribution in [2.24, 2.45) is 0 Å². The molecular formula is C15H13N3O2S. The number of aromatic nitrogens is 1. The molecule has 1 heterocycles. The number of anilines is 2. The Balaban J connectivity index is 1.78. The molecular weight excluding hydrogens is 286 g/mol. The fraction of sp³-hybridized carbons (Fsp3) is 0. The van der Waals surface area contributed by atoms with Gasteiger partial charge in [0.15, 0.2) is 10.8 Å². The molecule has 0 saturated carbocycles. The van der Waals surface area contributed by atoms with Gasteiger partial charge in [-0.1, -0.05) is 18.2 Å². The molecule has 0 aliphatic carbocycles. The van der Waals surface area contributed by atoms with Crippen LogP contribution < -0.4 is 10.5 Å². The average Bonchev–Trinajstić information content (AvgIpc) is 2.97. The highest BCUT2D eigenvalue weighted by atomic mass is 32.1. The van der Waals surface area contributed by atoms with Gasteiger partial charge in [0.25, 0.3) is 0 Å². The Morgan fingerprint density at radius 3 is 2.43 bits per heavy atom. The van der Waals surface area contributed by atoms with Crippen LogP contribution in [0.25, 0.3) is 11.3 Å². The van der Waals surface area contributed by atoms with Crippen LogP contribution in [0.15, 0.2) is 60.0 Å². The maximum Gasteiger partial charge on any atom is 0.187 e. The Hall–Kier alpha value is -2.25. The van der Waals surface area contributed by atoms with Crippen molar-refractivity contribution in [2.75, 3.05) is 5.32 Å². The lowest BCUT2D eigenvalue weighted by molar-refractivity contribution is -0.991. The van der Waals surface area contributed by atoms with Crippen molar-refractivity contribution in [3.63, 3.8) is 0 Å². The number of quaternary nitrogens is 1. The quantitative estimate of drug-likeness (QED) is 0.648. The summed E-state index contributed by atoms with van der Waals surface area (Å²) in [6.45, 7) is 0. The van der Waals surface area contributed by atoms with Gasteiger partial charge in [-0.3, -0.25) is 0 Å². The van der Waals surface area contributed by atoms with Gasteiger partial charge in [-0.25, -0.2) is 10.2 Å². The topological polar surface area (TPSA) is 72.7 Å². The van der Waals surface area contributed by atoms with E-state index in [2.05, 4.69) is 10.3 Å². The van der Waals surface area contributed by atoms with E-state index in [9.17, 15) is 5.21 Å². The highest BCUT2D eigenvalue weighted by Gasteiger charge is 2.06. The van der Waals surface area contributed by atoms with Gasteiger partial charge in [-0.15, -0.1) is 11.3 Å². The number of hydrogen-bond acceptors (Lipinski definition) is 5. The first-order valence-corrected chi connectivity index (χ1v) is 7.22. The average molecular weight is 299 g/mol. The predicted octanol–water partition coefficient (Wildman–Crippen LogP) is 2.96. The Morgan fingerprint density at radius 1 is 1.05 bits per heavy atom. The van der Waals surface area contributed by atoms with E-state index in [1.807, 2.05) is 35.7 Å². The minimum Gasteiger partial charge on any atom is -0.595 e. The van der Waals surface area contributed by atoms with Crippen LogP contribution in [0.2, 0.25) is 0 Å². The van der Waals surface area contributed by atoms with Crippen LogP contribution in [0.1, 0.15) is 0 Å². The molecule has 3 aromatic rings. The number of nitrogens with zero attached hydrogens (tertiary/aromatic N) is 1. The molecule has 0 radical (unpaired) electrons. The van der Waals surface area contributed by atoms with Crippen molar-refractivity contribution in [3.8, 4) is 11.3 Å². The molecule has 2 aromatic carbocycles. The Morgan fingerprint density at radius 2 is 1.76 bits per heavy atom. The normalized spacial score (nSPS) is 12.1. The standard InChI is InChI=1S/C15H13N3O2S/c19-18(20)13-8-6-11(7-9-13)14-10-21-15(17-14)16-12-4-2-1-3-5-12/h1-10,18-19H,(H,16,17). The first-order chi connectivity index (χ1) is 10.2. The van der Waals surface area contributed by atoms with E-state index in [0.29, 0.717) is 0 Å². The van der Waals surface area contributed by atoms with Crippen molar-refractivity contribution >= 4 is 27.8 Å². The maximum atomic E-state index is 10.8. The number of thiazole rings is 1. The summed E-state index contributed by atoms with van der Waals surface area (Å²) >= 11 is 1.51. The minimum absolute atomic E-state index is 0.275. The summed E-state index contributed by atoms with van der Waals surface area (Å²) in [5.74, 6) is 0. The van der Waals surface area contributed by atoms with Crippen LogP contribution in [-0.2, 0) is 0 Å². The van der Waals surface area contributed by atoms with Gasteiger partial charge in [0, 0.05) is 28.8 Å². The molecule has 3 N–H and O–H groups in total. The largest absolute Gasteiger partial charge is 0.595 e. The predicted molar refractivity (Wildman–Crippen MR) is 83.1 cm³/mol. The van der Waals surface area contributed by atoms with E-state index in [4.69, 9.17) is 5.21 Å². The summed E-state index contributed by atoms with van der Waals surface area (Å²) in [5, 5.41) is 24.8. The molecule has 0 fully saturated rings. The summed E-state index contributed by atoms with van der Waals surface area (Å²) < 4.78 is 0. The van der Waals surface area contributed by atoms with Crippen LogP contribution >= 0.6 is 11.3 Å². The van der Waals surface area contributed by atoms with Gasteiger partial charge in [-0.05, 0) is 24.3 Å². The lowest BCUT2D eigenvalue weighted by atomic mass is 10.1. The summed E-state index contributed by atoms with van der Waals surface area (Å²) in [5.41, 5.74) is 2.99. The molecule has 21 heavy (non-hydrogen) atoms. The van der Waals surface area contributed by atoms with E-state index in [0.717, 1.165) is 22.1 Å². The van der Waals surface area contributed by atoms with Gasteiger partial charge < -0.3 is 10.5 Å². The summed E-state index contributed by atoms with van der Waals surface area (Å²) in [4.78, 5) is 4.51. The van der Waals surface area contributed by atoms with Crippen LogP contribution in [0.3, 0.4) is 0 Å². The zero-order valence-corrected chi connectivity index (χ0v) is 11.8. The molecule has 0 bridgehead atoms. The SMILES string of the molecule is [O-][NH+](O)c1ccc(-c2csc(Nc3ccccc3)n2)cc1. The molecule has 0 saturated heterocycles. The van der Waals surface area contributed by atoms with Crippen LogP contribution in [0, 0.1) is 5.21 Å². The molecule has 1 unspecified atom stereocenters. The highest BCUT2D eigenvalue weighted by Crippen LogP contribution is 2.27. The number of para-hydroxylation sites is 1. The molecule has 1 atom stereocenters. The third-order valence-electron chi connectivity index (χ3n) is 2.96. The van der Waals surface area contributed by atoms with Crippen LogP contribution in [-0.4, -0.2) is 10.2 Å². The molecule has 6 heteroatoms. The third-order valence-corrected chi connectivity index (χ3v) is 3.71. The highest BCUT2D eigenvalue weighted by molar-refractivity contribution is 7.14. The van der Waals surface area contributed by atoms with Gasteiger partial charge in [0.05, 0.1) is 5.69 Å². The second kappa shape index (κ2) is 6.02. The van der Waals surface area contributed by atoms with Gasteiger partial charge in [0.1, 0.15) is 0 Å². The number of rotatable bonds is 4. The van der Waals surface area contributed by atoms with E-state index in [1.165, 1.54) is 11.3 Å². The fourth-order valence-corrected chi connectivity index (χ4v) is 2.63. The molecule has 5 nitrogen and oxygen atoms in total. The molecule has 106 valence electrons. The maximum absolute atomic E-state index is 10.8. The van der Waals surface area contributed by atoms with Crippen LogP contribution in [0.4, 0.5) is 16.5 Å². The lowest BCUT2D eigenvalue weighted by Gasteiger charge is -2.11. The molecule has 0 aliphatic rings. The zero-order chi connectivity index (χ0) is 14.7. The molecule has 1 aromatic heterocycles. The van der Waals surface area contributed by atoms with Crippen molar-refractivity contribution in [1.82, 2.24) is 4.98 Å². The van der Waals surface area contributed by atoms with Gasteiger partial charge in [0.2, 0.25) is 0 Å². The molecule has 0 amide bonds. The van der Waals surface area contributed by atoms with Crippen molar-refractivity contribution in [1.29, 1.82) is 0 Å². The van der Waals surface area contributed by atoms with E-state index in [-0.39, 0.29) is 5.69 Å². The lowest BCUT2D eigenvalue weighted by Crippen LogP contribution is -2.99. The molecule has 0 aliphatic heterocycles. The number of benzene rings is 2. The second-order valence-corrected chi connectivity index (χ2v) is 5.27. The third kappa shape index (κ3) is 3.26. The van der Waals surface area contributed by atoms with E-state index < -0.39 is 5.23 Å². The van der Waals surface area contributed by atoms with Crippen molar-refractivity contribution in [2.45, 2.75) is 0 Å². The van der Waals surface area contributed by atoms with Gasteiger partial charge >= 0.3 is 0 Å². The summed E-state index contributed by atoms with van der Waals surface area (Å²) in [7, 11) is 0. The number of hydrogen-bond donors (Lipinski definition) is 3. The minimum atomic E-state index is -0.925. The van der Waals surface area contributed by atoms with E-state index in [1.54, 1.807) is 24.3 Å². The monoisotopic (exact) mass is 299 g/mol. The Labute approximate surface area is 125 Å². The van der Waals surface area contributed by atoms with E-state index >= 15 is 0 Å². The fourth-order valence-electron chi connectivity index (χ4n) is 1.89. The van der Waals surface area contributed by atoms with Crippen molar-refractivity contribution in [3.05, 3.63) is 65.2 Å². The first-order valence-electron chi connectivity index (χ1n) is 6.34. The second-order valence-electron chi connectivity index (χ2n) is 4.41. The Kier molecular flexibility index (Phi) is 3.94. The summed E-state index contributed by atoms with van der Waals surface area (Å²) in [6, 6.07) is 16.5. The molecule has 3 rings (SSSR count). The summed E-state index contributed by atoms with van der Waals surface area (Å²) in [6.07, 6.45) is 0. The van der Waals surface area contributed by atoms with Gasteiger partial charge in [-0.2, -0.15) is 5.23 Å². The number of nitrogens with one attached hydrogen (secondary N) is 2. The van der Waals surface area contributed by atoms with Crippen LogP contribution in [0.5, 0.6) is 0 Å². The van der Waals surface area contributed by atoms with Crippen molar-refractivity contribution < 1.29 is 10.4 Å². The first kappa shape index (κ1) is 13.7. The smallest absolute Gasteiger partial charge is 0.187 e. The molecule has 0 spiro atoms.